The molecule has 2 heteroatoms. The van der Waals surface area contributed by atoms with Gasteiger partial charge < -0.3 is 10.4 Å². The van der Waals surface area contributed by atoms with Crippen LogP contribution in [-0.4, -0.2) is 24.8 Å². The molecule has 2 nitrogen and oxygen atoms in total. The largest absolute Gasteiger partial charge is 0.396 e. The third-order valence-electron chi connectivity index (χ3n) is 2.47. The molecule has 66 valence electrons. The Morgan fingerprint density at radius 1 is 1.27 bits per heavy atom. The summed E-state index contributed by atoms with van der Waals surface area (Å²) in [6, 6.07) is 0. The van der Waals surface area contributed by atoms with E-state index in [2.05, 4.69) is 5.32 Å². The molecule has 1 heterocycles. The number of rotatable bonds is 3. The third kappa shape index (κ3) is 3.73. The molecule has 0 amide bonds. The molecule has 0 radical (unpaired) electrons. The van der Waals surface area contributed by atoms with Crippen molar-refractivity contribution in [2.75, 3.05) is 19.7 Å². The molecule has 1 fully saturated rings. The van der Waals surface area contributed by atoms with Crippen LogP contribution in [0.1, 0.15) is 32.1 Å². The summed E-state index contributed by atoms with van der Waals surface area (Å²) in [5.74, 6) is 0.872. The van der Waals surface area contributed by atoms with E-state index >= 15 is 0 Å². The monoisotopic (exact) mass is 157 g/mol. The third-order valence-corrected chi connectivity index (χ3v) is 2.47. The highest BCUT2D eigenvalue weighted by Crippen LogP contribution is 2.18. The van der Waals surface area contributed by atoms with Gasteiger partial charge in [0.15, 0.2) is 0 Å². The summed E-state index contributed by atoms with van der Waals surface area (Å²) in [5.41, 5.74) is 0. The first-order valence-corrected chi connectivity index (χ1v) is 4.75. The number of hydrogen-bond donors (Lipinski definition) is 2. The van der Waals surface area contributed by atoms with Crippen molar-refractivity contribution in [2.24, 2.45) is 5.92 Å². The van der Waals surface area contributed by atoms with Gasteiger partial charge in [-0.3, -0.25) is 0 Å². The minimum atomic E-state index is 0.365. The van der Waals surface area contributed by atoms with E-state index in [1.54, 1.807) is 0 Å². The molecule has 2 N–H and O–H groups in total. The lowest BCUT2D eigenvalue weighted by molar-refractivity contribution is 0.267. The molecule has 1 rings (SSSR count). The summed E-state index contributed by atoms with van der Waals surface area (Å²) in [4.78, 5) is 0. The summed E-state index contributed by atoms with van der Waals surface area (Å²) >= 11 is 0. The summed E-state index contributed by atoms with van der Waals surface area (Å²) in [7, 11) is 0. The van der Waals surface area contributed by atoms with E-state index in [1.165, 1.54) is 38.8 Å². The SMILES string of the molecule is OCCC[C@H]1CCCNCC1. The lowest BCUT2D eigenvalue weighted by Crippen LogP contribution is -2.14. The van der Waals surface area contributed by atoms with Crippen molar-refractivity contribution in [3.8, 4) is 0 Å². The van der Waals surface area contributed by atoms with Gasteiger partial charge in [-0.2, -0.15) is 0 Å². The summed E-state index contributed by atoms with van der Waals surface area (Å²) < 4.78 is 0. The van der Waals surface area contributed by atoms with Crippen molar-refractivity contribution in [2.45, 2.75) is 32.1 Å². The topological polar surface area (TPSA) is 32.3 Å². The van der Waals surface area contributed by atoms with Crippen LogP contribution >= 0.6 is 0 Å². The molecule has 1 saturated heterocycles. The van der Waals surface area contributed by atoms with E-state index < -0.39 is 0 Å². The molecule has 0 aromatic carbocycles. The molecule has 0 aromatic heterocycles. The highest BCUT2D eigenvalue weighted by molar-refractivity contribution is 4.66. The minimum Gasteiger partial charge on any atom is -0.396 e. The molecule has 1 atom stereocenters. The Labute approximate surface area is 69.0 Å². The van der Waals surface area contributed by atoms with Crippen LogP contribution in [0.2, 0.25) is 0 Å². The van der Waals surface area contributed by atoms with Crippen molar-refractivity contribution in [3.63, 3.8) is 0 Å². The number of aliphatic hydroxyl groups is 1. The van der Waals surface area contributed by atoms with Crippen LogP contribution in [0.25, 0.3) is 0 Å². The van der Waals surface area contributed by atoms with Crippen molar-refractivity contribution >= 4 is 0 Å². The molecule has 11 heavy (non-hydrogen) atoms. The molecule has 0 saturated carbocycles. The molecular formula is C9H19NO. The lowest BCUT2D eigenvalue weighted by atomic mass is 9.96. The predicted octanol–water partition coefficient (Wildman–Crippen LogP) is 1.15. The van der Waals surface area contributed by atoms with Gasteiger partial charge in [0.2, 0.25) is 0 Å². The molecular weight excluding hydrogens is 138 g/mol. The molecule has 0 bridgehead atoms. The first-order valence-electron chi connectivity index (χ1n) is 4.75. The zero-order chi connectivity index (χ0) is 7.94. The Balaban J connectivity index is 2.09. The van der Waals surface area contributed by atoms with E-state index in [9.17, 15) is 0 Å². The van der Waals surface area contributed by atoms with E-state index in [1.807, 2.05) is 0 Å². The second-order valence-electron chi connectivity index (χ2n) is 3.41. The van der Waals surface area contributed by atoms with Crippen molar-refractivity contribution in [3.05, 3.63) is 0 Å². The smallest absolute Gasteiger partial charge is 0.0431 e. The molecule has 0 spiro atoms. The second kappa shape index (κ2) is 5.56. The predicted molar refractivity (Wildman–Crippen MR) is 46.5 cm³/mol. The molecule has 0 unspecified atom stereocenters. The lowest BCUT2D eigenvalue weighted by Gasteiger charge is -2.11. The van der Waals surface area contributed by atoms with Crippen LogP contribution in [0.4, 0.5) is 0 Å². The van der Waals surface area contributed by atoms with Gasteiger partial charge in [-0.25, -0.2) is 0 Å². The number of aliphatic hydroxyl groups excluding tert-OH is 1. The maximum atomic E-state index is 8.65. The number of hydrogen-bond acceptors (Lipinski definition) is 2. The van der Waals surface area contributed by atoms with Gasteiger partial charge in [0.25, 0.3) is 0 Å². The van der Waals surface area contributed by atoms with Gasteiger partial charge in [0, 0.05) is 6.61 Å². The van der Waals surface area contributed by atoms with E-state index in [-0.39, 0.29) is 0 Å². The Hall–Kier alpha value is -0.0800. The Bertz CT molecular complexity index is 87.6. The number of nitrogens with one attached hydrogen (secondary N) is 1. The molecule has 0 aliphatic carbocycles. The maximum Gasteiger partial charge on any atom is 0.0431 e. The van der Waals surface area contributed by atoms with Crippen LogP contribution in [-0.2, 0) is 0 Å². The minimum absolute atomic E-state index is 0.365. The Morgan fingerprint density at radius 2 is 2.18 bits per heavy atom. The maximum absolute atomic E-state index is 8.65. The first-order chi connectivity index (χ1) is 5.43. The van der Waals surface area contributed by atoms with E-state index in [4.69, 9.17) is 5.11 Å². The van der Waals surface area contributed by atoms with Crippen molar-refractivity contribution in [1.29, 1.82) is 0 Å². The van der Waals surface area contributed by atoms with Crippen LogP contribution < -0.4 is 5.32 Å². The van der Waals surface area contributed by atoms with Gasteiger partial charge in [0.1, 0.15) is 0 Å². The van der Waals surface area contributed by atoms with Gasteiger partial charge >= 0.3 is 0 Å². The summed E-state index contributed by atoms with van der Waals surface area (Å²) in [6.07, 6.45) is 6.19. The average Bonchev–Trinajstić information content (AvgIpc) is 2.28. The van der Waals surface area contributed by atoms with Crippen LogP contribution in [0, 0.1) is 5.92 Å². The van der Waals surface area contributed by atoms with Gasteiger partial charge in [-0.15, -0.1) is 0 Å². The van der Waals surface area contributed by atoms with Crippen LogP contribution in [0.3, 0.4) is 0 Å². The standard InChI is InChI=1S/C9H19NO/c11-8-2-4-9-3-1-6-10-7-5-9/h9-11H,1-8H2/t9-/m1/s1. The normalized spacial score (nSPS) is 26.5. The fourth-order valence-electron chi connectivity index (χ4n) is 1.76. The Kier molecular flexibility index (Phi) is 4.55. The molecule has 0 aromatic rings. The van der Waals surface area contributed by atoms with Gasteiger partial charge in [-0.05, 0) is 51.1 Å². The highest BCUT2D eigenvalue weighted by atomic mass is 16.2. The second-order valence-corrected chi connectivity index (χ2v) is 3.41. The molecule has 1 aliphatic rings. The average molecular weight is 157 g/mol. The summed E-state index contributed by atoms with van der Waals surface area (Å²) in [6.45, 7) is 2.73. The van der Waals surface area contributed by atoms with E-state index in [0.29, 0.717) is 6.61 Å². The molecule has 1 aliphatic heterocycles. The van der Waals surface area contributed by atoms with E-state index in [0.717, 1.165) is 12.3 Å². The van der Waals surface area contributed by atoms with Gasteiger partial charge in [0.05, 0.1) is 0 Å². The van der Waals surface area contributed by atoms with Gasteiger partial charge in [-0.1, -0.05) is 0 Å². The van der Waals surface area contributed by atoms with Crippen LogP contribution in [0.5, 0.6) is 0 Å². The quantitative estimate of drug-likeness (QED) is 0.644. The zero-order valence-corrected chi connectivity index (χ0v) is 7.18. The summed E-state index contributed by atoms with van der Waals surface area (Å²) in [5, 5.41) is 12.0. The fourth-order valence-corrected chi connectivity index (χ4v) is 1.76. The first kappa shape index (κ1) is 9.01. The van der Waals surface area contributed by atoms with Crippen molar-refractivity contribution in [1.82, 2.24) is 5.32 Å². The Morgan fingerprint density at radius 3 is 3.00 bits per heavy atom. The fraction of sp³-hybridized carbons (Fsp3) is 1.00. The zero-order valence-electron chi connectivity index (χ0n) is 7.18. The van der Waals surface area contributed by atoms with Crippen molar-refractivity contribution < 1.29 is 5.11 Å². The highest BCUT2D eigenvalue weighted by Gasteiger charge is 2.10. The van der Waals surface area contributed by atoms with Crippen LogP contribution in [0.15, 0.2) is 0 Å².